The van der Waals surface area contributed by atoms with Gasteiger partial charge in [0.2, 0.25) is 0 Å². The molecule has 1 unspecified atom stereocenters. The lowest BCUT2D eigenvalue weighted by molar-refractivity contribution is 0.584. The molecule has 3 aromatic rings. The maximum Gasteiger partial charge on any atom is 0.0481 e. The number of nitrogens with one attached hydrogen (secondary N) is 1. The molecule has 0 saturated carbocycles. The maximum absolute atomic E-state index is 3.60. The molecule has 2 nitrogen and oxygen atoms in total. The first kappa shape index (κ1) is 12.5. The van der Waals surface area contributed by atoms with Crippen molar-refractivity contribution in [2.24, 2.45) is 7.05 Å². The van der Waals surface area contributed by atoms with Gasteiger partial charge < -0.3 is 9.88 Å². The molecule has 98 valence electrons. The molecule has 0 aliphatic carbocycles. The molecule has 3 rings (SSSR count). The molecule has 1 atom stereocenters. The third kappa shape index (κ3) is 2.44. The van der Waals surface area contributed by atoms with Crippen molar-refractivity contribution in [3.05, 3.63) is 58.4 Å². The van der Waals surface area contributed by atoms with Crippen LogP contribution in [0.4, 0.5) is 0 Å². The number of rotatable bonds is 4. The van der Waals surface area contributed by atoms with Gasteiger partial charge in [0.25, 0.3) is 0 Å². The summed E-state index contributed by atoms with van der Waals surface area (Å²) in [6.07, 6.45) is 2.22. The van der Waals surface area contributed by atoms with Crippen molar-refractivity contribution in [3.8, 4) is 0 Å². The number of thiophene rings is 1. The van der Waals surface area contributed by atoms with Gasteiger partial charge in [0.05, 0.1) is 0 Å². The Hall–Kier alpha value is -1.58. The van der Waals surface area contributed by atoms with E-state index in [-0.39, 0.29) is 0 Å². The molecule has 1 aromatic carbocycles. The molecule has 2 heterocycles. The molecule has 1 N–H and O–H groups in total. The van der Waals surface area contributed by atoms with Crippen molar-refractivity contribution in [1.82, 2.24) is 9.88 Å². The minimum absolute atomic E-state index is 0.402. The number of hydrogen-bond acceptors (Lipinski definition) is 2. The smallest absolute Gasteiger partial charge is 0.0481 e. The van der Waals surface area contributed by atoms with Gasteiger partial charge in [-0.25, -0.2) is 0 Å². The third-order valence-corrected chi connectivity index (χ3v) is 4.60. The highest BCUT2D eigenvalue weighted by molar-refractivity contribution is 7.10. The van der Waals surface area contributed by atoms with E-state index in [1.807, 2.05) is 11.3 Å². The van der Waals surface area contributed by atoms with Crippen molar-refractivity contribution in [3.63, 3.8) is 0 Å². The standard InChI is InChI=1S/C16H18N2S/c1-12(16-8-5-9-19-16)17-10-13-11-18(2)15-7-4-3-6-14(13)15/h3-9,11-12,17H,10H2,1-2H3. The Morgan fingerprint density at radius 2 is 2.05 bits per heavy atom. The van der Waals surface area contributed by atoms with Gasteiger partial charge in [-0.1, -0.05) is 24.3 Å². The van der Waals surface area contributed by atoms with Gasteiger partial charge in [0, 0.05) is 41.6 Å². The zero-order chi connectivity index (χ0) is 13.2. The van der Waals surface area contributed by atoms with Gasteiger partial charge >= 0.3 is 0 Å². The number of benzene rings is 1. The highest BCUT2D eigenvalue weighted by Crippen LogP contribution is 2.22. The lowest BCUT2D eigenvalue weighted by Gasteiger charge is -2.11. The van der Waals surface area contributed by atoms with Crippen LogP contribution in [-0.4, -0.2) is 4.57 Å². The van der Waals surface area contributed by atoms with Crippen molar-refractivity contribution >= 4 is 22.2 Å². The zero-order valence-corrected chi connectivity index (χ0v) is 12.1. The van der Waals surface area contributed by atoms with E-state index in [0.29, 0.717) is 6.04 Å². The Balaban J connectivity index is 1.79. The van der Waals surface area contributed by atoms with Crippen LogP contribution in [0, 0.1) is 0 Å². The fourth-order valence-corrected chi connectivity index (χ4v) is 3.23. The molecule has 19 heavy (non-hydrogen) atoms. The first-order valence-corrected chi connectivity index (χ1v) is 7.43. The van der Waals surface area contributed by atoms with Gasteiger partial charge in [0.15, 0.2) is 0 Å². The molecule has 2 aromatic heterocycles. The van der Waals surface area contributed by atoms with Crippen LogP contribution in [0.15, 0.2) is 48.0 Å². The number of nitrogens with zero attached hydrogens (tertiary/aromatic N) is 1. The molecular formula is C16H18N2S. The number of aryl methyl sites for hydroxylation is 1. The molecule has 0 saturated heterocycles. The van der Waals surface area contributed by atoms with Crippen molar-refractivity contribution < 1.29 is 0 Å². The van der Waals surface area contributed by atoms with E-state index in [0.717, 1.165) is 6.54 Å². The van der Waals surface area contributed by atoms with Gasteiger partial charge in [-0.05, 0) is 30.0 Å². The first-order valence-electron chi connectivity index (χ1n) is 6.55. The second kappa shape index (κ2) is 5.19. The Bertz CT molecular complexity index is 667. The van der Waals surface area contributed by atoms with Crippen molar-refractivity contribution in [2.45, 2.75) is 19.5 Å². The predicted octanol–water partition coefficient (Wildman–Crippen LogP) is 4.09. The first-order chi connectivity index (χ1) is 9.25. The lowest BCUT2D eigenvalue weighted by atomic mass is 10.1. The van der Waals surface area contributed by atoms with E-state index in [4.69, 9.17) is 0 Å². The monoisotopic (exact) mass is 270 g/mol. The maximum atomic E-state index is 3.60. The Morgan fingerprint density at radius 1 is 1.21 bits per heavy atom. The highest BCUT2D eigenvalue weighted by atomic mass is 32.1. The van der Waals surface area contributed by atoms with Crippen LogP contribution in [0.3, 0.4) is 0 Å². The molecule has 0 amide bonds. The summed E-state index contributed by atoms with van der Waals surface area (Å²) in [6.45, 7) is 3.12. The SMILES string of the molecule is CC(NCc1cn(C)c2ccccc12)c1cccs1. The molecule has 0 aliphatic heterocycles. The number of para-hydroxylation sites is 1. The topological polar surface area (TPSA) is 17.0 Å². The lowest BCUT2D eigenvalue weighted by Crippen LogP contribution is -2.16. The summed E-state index contributed by atoms with van der Waals surface area (Å²) in [6, 6.07) is 13.3. The number of fused-ring (bicyclic) bond motifs is 1. The van der Waals surface area contributed by atoms with E-state index >= 15 is 0 Å². The summed E-state index contributed by atoms with van der Waals surface area (Å²) in [7, 11) is 2.11. The quantitative estimate of drug-likeness (QED) is 0.755. The molecule has 0 fully saturated rings. The molecular weight excluding hydrogens is 252 g/mol. The molecule has 0 bridgehead atoms. The van der Waals surface area contributed by atoms with E-state index in [1.54, 1.807) is 0 Å². The Kier molecular flexibility index (Phi) is 3.40. The summed E-state index contributed by atoms with van der Waals surface area (Å²) >= 11 is 1.81. The fourth-order valence-electron chi connectivity index (χ4n) is 2.47. The predicted molar refractivity (Wildman–Crippen MR) is 82.5 cm³/mol. The molecule has 3 heteroatoms. The average Bonchev–Trinajstić information content (AvgIpc) is 3.06. The highest BCUT2D eigenvalue weighted by Gasteiger charge is 2.09. The van der Waals surface area contributed by atoms with Crippen LogP contribution in [0.2, 0.25) is 0 Å². The second-order valence-electron chi connectivity index (χ2n) is 4.90. The Labute approximate surface area is 117 Å². The number of hydrogen-bond donors (Lipinski definition) is 1. The molecule has 0 radical (unpaired) electrons. The summed E-state index contributed by atoms with van der Waals surface area (Å²) in [4.78, 5) is 1.39. The second-order valence-corrected chi connectivity index (χ2v) is 5.88. The largest absolute Gasteiger partial charge is 0.350 e. The van der Waals surface area contributed by atoms with E-state index < -0.39 is 0 Å². The Morgan fingerprint density at radius 3 is 2.84 bits per heavy atom. The summed E-state index contributed by atoms with van der Waals surface area (Å²) < 4.78 is 2.20. The normalized spacial score (nSPS) is 12.9. The minimum atomic E-state index is 0.402. The van der Waals surface area contributed by atoms with Crippen molar-refractivity contribution in [2.75, 3.05) is 0 Å². The van der Waals surface area contributed by atoms with Crippen LogP contribution in [0.25, 0.3) is 10.9 Å². The number of aromatic nitrogens is 1. The van der Waals surface area contributed by atoms with Crippen LogP contribution in [0.1, 0.15) is 23.4 Å². The van der Waals surface area contributed by atoms with Crippen LogP contribution in [0.5, 0.6) is 0 Å². The summed E-state index contributed by atoms with van der Waals surface area (Å²) in [5, 5.41) is 7.08. The van der Waals surface area contributed by atoms with E-state index in [9.17, 15) is 0 Å². The van der Waals surface area contributed by atoms with E-state index in [1.165, 1.54) is 21.3 Å². The molecule has 0 spiro atoms. The van der Waals surface area contributed by atoms with E-state index in [2.05, 4.69) is 71.8 Å². The third-order valence-electron chi connectivity index (χ3n) is 3.55. The summed E-state index contributed by atoms with van der Waals surface area (Å²) in [5.74, 6) is 0. The summed E-state index contributed by atoms with van der Waals surface area (Å²) in [5.41, 5.74) is 2.66. The van der Waals surface area contributed by atoms with Gasteiger partial charge in [-0.15, -0.1) is 11.3 Å². The zero-order valence-electron chi connectivity index (χ0n) is 11.3. The van der Waals surface area contributed by atoms with Gasteiger partial charge in [-0.3, -0.25) is 0 Å². The van der Waals surface area contributed by atoms with Crippen molar-refractivity contribution in [1.29, 1.82) is 0 Å². The van der Waals surface area contributed by atoms with Gasteiger partial charge in [-0.2, -0.15) is 0 Å². The van der Waals surface area contributed by atoms with Crippen LogP contribution >= 0.6 is 11.3 Å². The van der Waals surface area contributed by atoms with Crippen LogP contribution < -0.4 is 5.32 Å². The molecule has 0 aliphatic rings. The van der Waals surface area contributed by atoms with Crippen LogP contribution in [-0.2, 0) is 13.6 Å². The fraction of sp³-hybridized carbons (Fsp3) is 0.250. The average molecular weight is 270 g/mol. The van der Waals surface area contributed by atoms with Gasteiger partial charge in [0.1, 0.15) is 0 Å². The minimum Gasteiger partial charge on any atom is -0.350 e.